The molecule has 2 atom stereocenters. The molecule has 1 heterocycles. The first-order valence-electron chi connectivity index (χ1n) is 7.57. The standard InChI is InChI=1S/C16H20F4N2O/c1-2-22(15(23)16(18,19)20)10-13-9-21(11-14(13)17)8-12-6-4-3-5-7-12/h3-7,13-14H,2,8-11H2,1H3. The Morgan fingerprint density at radius 2 is 1.91 bits per heavy atom. The minimum Gasteiger partial charge on any atom is -0.335 e. The van der Waals surface area contributed by atoms with E-state index in [-0.39, 0.29) is 19.6 Å². The van der Waals surface area contributed by atoms with Gasteiger partial charge in [0, 0.05) is 38.6 Å². The fraction of sp³-hybridized carbons (Fsp3) is 0.562. The van der Waals surface area contributed by atoms with Gasteiger partial charge in [0.05, 0.1) is 0 Å². The van der Waals surface area contributed by atoms with E-state index in [1.165, 1.54) is 6.92 Å². The number of nitrogens with zero attached hydrogens (tertiary/aromatic N) is 2. The minimum absolute atomic E-state index is 0.0831. The highest BCUT2D eigenvalue weighted by atomic mass is 19.4. The molecule has 1 aromatic carbocycles. The Labute approximate surface area is 132 Å². The number of alkyl halides is 4. The quantitative estimate of drug-likeness (QED) is 0.774. The van der Waals surface area contributed by atoms with Crippen LogP contribution in [0.3, 0.4) is 0 Å². The van der Waals surface area contributed by atoms with Crippen molar-refractivity contribution in [1.82, 2.24) is 9.80 Å². The number of hydrogen-bond acceptors (Lipinski definition) is 2. The zero-order valence-electron chi connectivity index (χ0n) is 12.9. The van der Waals surface area contributed by atoms with Gasteiger partial charge >= 0.3 is 12.1 Å². The Kier molecular flexibility index (Phi) is 5.62. The Bertz CT molecular complexity index is 521. The largest absolute Gasteiger partial charge is 0.471 e. The van der Waals surface area contributed by atoms with Crippen molar-refractivity contribution in [3.8, 4) is 0 Å². The SMILES string of the molecule is CCN(CC1CN(Cc2ccccc2)CC1F)C(=O)C(F)(F)F. The summed E-state index contributed by atoms with van der Waals surface area (Å²) in [6.45, 7) is 2.25. The summed E-state index contributed by atoms with van der Waals surface area (Å²) >= 11 is 0. The average Bonchev–Trinajstić information content (AvgIpc) is 2.83. The Morgan fingerprint density at radius 1 is 1.26 bits per heavy atom. The lowest BCUT2D eigenvalue weighted by Gasteiger charge is -2.26. The summed E-state index contributed by atoms with van der Waals surface area (Å²) in [5, 5.41) is 0. The van der Waals surface area contributed by atoms with Crippen molar-refractivity contribution in [1.29, 1.82) is 0 Å². The molecule has 128 valence electrons. The molecule has 2 rings (SSSR count). The maximum absolute atomic E-state index is 14.1. The van der Waals surface area contributed by atoms with Crippen LogP contribution in [0.1, 0.15) is 12.5 Å². The highest BCUT2D eigenvalue weighted by molar-refractivity contribution is 5.81. The van der Waals surface area contributed by atoms with Gasteiger partial charge in [-0.3, -0.25) is 9.69 Å². The fourth-order valence-corrected chi connectivity index (χ4v) is 2.88. The predicted octanol–water partition coefficient (Wildman–Crippen LogP) is 2.87. The third kappa shape index (κ3) is 4.67. The number of hydrogen-bond donors (Lipinski definition) is 0. The van der Waals surface area contributed by atoms with Crippen molar-refractivity contribution < 1.29 is 22.4 Å². The summed E-state index contributed by atoms with van der Waals surface area (Å²) in [6.07, 6.45) is -6.14. The number of benzene rings is 1. The maximum Gasteiger partial charge on any atom is 0.471 e. The molecule has 1 amide bonds. The highest BCUT2D eigenvalue weighted by Gasteiger charge is 2.44. The van der Waals surface area contributed by atoms with Gasteiger partial charge < -0.3 is 4.90 Å². The summed E-state index contributed by atoms with van der Waals surface area (Å²) in [6, 6.07) is 9.50. The smallest absolute Gasteiger partial charge is 0.335 e. The van der Waals surface area contributed by atoms with Gasteiger partial charge in [0.15, 0.2) is 0 Å². The molecule has 1 saturated heterocycles. The van der Waals surface area contributed by atoms with Crippen molar-refractivity contribution in [3.63, 3.8) is 0 Å². The molecule has 3 nitrogen and oxygen atoms in total. The summed E-state index contributed by atoms with van der Waals surface area (Å²) in [5.41, 5.74) is 1.03. The summed E-state index contributed by atoms with van der Waals surface area (Å²) in [7, 11) is 0. The number of carbonyl (C=O) groups is 1. The number of halogens is 4. The molecule has 1 fully saturated rings. The lowest BCUT2D eigenvalue weighted by molar-refractivity contribution is -0.186. The maximum atomic E-state index is 14.1. The lowest BCUT2D eigenvalue weighted by Crippen LogP contribution is -2.44. The Hall–Kier alpha value is -1.63. The molecule has 23 heavy (non-hydrogen) atoms. The van der Waals surface area contributed by atoms with E-state index in [4.69, 9.17) is 0 Å². The van der Waals surface area contributed by atoms with Crippen molar-refractivity contribution in [2.75, 3.05) is 26.2 Å². The second-order valence-electron chi connectivity index (χ2n) is 5.80. The summed E-state index contributed by atoms with van der Waals surface area (Å²) in [5.74, 6) is -2.49. The van der Waals surface area contributed by atoms with Crippen LogP contribution in [0.2, 0.25) is 0 Å². The molecule has 0 aliphatic carbocycles. The normalized spacial score (nSPS) is 22.3. The van der Waals surface area contributed by atoms with Crippen LogP contribution in [0.4, 0.5) is 17.6 Å². The van der Waals surface area contributed by atoms with Gasteiger partial charge in [-0.2, -0.15) is 13.2 Å². The van der Waals surface area contributed by atoms with E-state index in [2.05, 4.69) is 0 Å². The van der Waals surface area contributed by atoms with E-state index in [9.17, 15) is 22.4 Å². The summed E-state index contributed by atoms with van der Waals surface area (Å²) < 4.78 is 51.7. The lowest BCUT2D eigenvalue weighted by atomic mass is 10.1. The van der Waals surface area contributed by atoms with E-state index < -0.39 is 24.2 Å². The van der Waals surface area contributed by atoms with Gasteiger partial charge in [-0.1, -0.05) is 30.3 Å². The molecular formula is C16H20F4N2O. The van der Waals surface area contributed by atoms with Crippen molar-refractivity contribution in [2.24, 2.45) is 5.92 Å². The van der Waals surface area contributed by atoms with E-state index >= 15 is 0 Å². The zero-order chi connectivity index (χ0) is 17.0. The van der Waals surface area contributed by atoms with Gasteiger partial charge in [0.2, 0.25) is 0 Å². The first-order chi connectivity index (χ1) is 10.8. The van der Waals surface area contributed by atoms with Crippen LogP contribution in [-0.4, -0.2) is 54.2 Å². The fourth-order valence-electron chi connectivity index (χ4n) is 2.88. The van der Waals surface area contributed by atoms with Gasteiger partial charge in [0.1, 0.15) is 6.17 Å². The molecule has 0 bridgehead atoms. The molecule has 0 aromatic heterocycles. The van der Waals surface area contributed by atoms with E-state index in [0.717, 1.165) is 5.56 Å². The molecule has 7 heteroatoms. The number of rotatable bonds is 5. The molecule has 0 spiro atoms. The molecule has 0 radical (unpaired) electrons. The van der Waals surface area contributed by atoms with Gasteiger partial charge in [0.25, 0.3) is 0 Å². The van der Waals surface area contributed by atoms with Crippen LogP contribution < -0.4 is 0 Å². The van der Waals surface area contributed by atoms with E-state index in [0.29, 0.717) is 18.0 Å². The van der Waals surface area contributed by atoms with Crippen LogP contribution in [0.5, 0.6) is 0 Å². The van der Waals surface area contributed by atoms with Gasteiger partial charge in [-0.25, -0.2) is 4.39 Å². The van der Waals surface area contributed by atoms with Crippen LogP contribution in [0.25, 0.3) is 0 Å². The van der Waals surface area contributed by atoms with Crippen molar-refractivity contribution in [3.05, 3.63) is 35.9 Å². The third-order valence-corrected chi connectivity index (χ3v) is 4.05. The molecular weight excluding hydrogens is 312 g/mol. The second kappa shape index (κ2) is 7.29. The molecule has 1 aliphatic heterocycles. The second-order valence-corrected chi connectivity index (χ2v) is 5.80. The van der Waals surface area contributed by atoms with Crippen LogP contribution in [-0.2, 0) is 11.3 Å². The number of amides is 1. The topological polar surface area (TPSA) is 23.6 Å². The monoisotopic (exact) mass is 332 g/mol. The molecule has 1 aromatic rings. The van der Waals surface area contributed by atoms with E-state index in [1.54, 1.807) is 0 Å². The van der Waals surface area contributed by atoms with Crippen LogP contribution in [0.15, 0.2) is 30.3 Å². The predicted molar refractivity (Wildman–Crippen MR) is 78.4 cm³/mol. The van der Waals surface area contributed by atoms with Gasteiger partial charge in [-0.15, -0.1) is 0 Å². The van der Waals surface area contributed by atoms with Crippen LogP contribution in [0, 0.1) is 5.92 Å². The molecule has 2 unspecified atom stereocenters. The van der Waals surface area contributed by atoms with Crippen molar-refractivity contribution in [2.45, 2.75) is 25.8 Å². The van der Waals surface area contributed by atoms with E-state index in [1.807, 2.05) is 35.2 Å². The summed E-state index contributed by atoms with van der Waals surface area (Å²) in [4.78, 5) is 13.9. The zero-order valence-corrected chi connectivity index (χ0v) is 12.9. The average molecular weight is 332 g/mol. The number of likely N-dealkylation sites (tertiary alicyclic amines) is 1. The molecule has 1 aliphatic rings. The van der Waals surface area contributed by atoms with Crippen LogP contribution >= 0.6 is 0 Å². The van der Waals surface area contributed by atoms with Gasteiger partial charge in [-0.05, 0) is 12.5 Å². The highest BCUT2D eigenvalue weighted by Crippen LogP contribution is 2.25. The van der Waals surface area contributed by atoms with Crippen molar-refractivity contribution >= 4 is 5.91 Å². The number of carbonyl (C=O) groups excluding carboxylic acids is 1. The Balaban J connectivity index is 1.94. The third-order valence-electron chi connectivity index (χ3n) is 4.05. The minimum atomic E-state index is -4.91. The first kappa shape index (κ1) is 17.7. The first-order valence-corrected chi connectivity index (χ1v) is 7.57. The molecule has 0 saturated carbocycles. The molecule has 0 N–H and O–H groups in total. The Morgan fingerprint density at radius 3 is 2.48 bits per heavy atom.